The summed E-state index contributed by atoms with van der Waals surface area (Å²) in [6.45, 7) is 4.06. The Labute approximate surface area is 129 Å². The SMILES string of the molecule is Cc1cc2c(cc1C)OC(C(=O)N[C@@H]1CCC[C@@H]1C(=O)O)C2. The Bertz CT molecular complexity index is 594. The highest BCUT2D eigenvalue weighted by atomic mass is 16.5. The second kappa shape index (κ2) is 5.63. The number of fused-ring (bicyclic) bond motifs is 1. The van der Waals surface area contributed by atoms with Crippen LogP contribution in [0.25, 0.3) is 0 Å². The molecule has 0 radical (unpaired) electrons. The van der Waals surface area contributed by atoms with Crippen LogP contribution in [0.15, 0.2) is 12.1 Å². The topological polar surface area (TPSA) is 75.6 Å². The van der Waals surface area contributed by atoms with Crippen molar-refractivity contribution < 1.29 is 19.4 Å². The zero-order valence-electron chi connectivity index (χ0n) is 12.9. The van der Waals surface area contributed by atoms with Crippen LogP contribution < -0.4 is 10.1 Å². The first-order valence-corrected chi connectivity index (χ1v) is 7.75. The van der Waals surface area contributed by atoms with Crippen LogP contribution in [0.2, 0.25) is 0 Å². The van der Waals surface area contributed by atoms with Crippen molar-refractivity contribution in [1.29, 1.82) is 0 Å². The van der Waals surface area contributed by atoms with Gasteiger partial charge in [-0.15, -0.1) is 0 Å². The highest BCUT2D eigenvalue weighted by molar-refractivity contribution is 5.83. The maximum absolute atomic E-state index is 12.4. The van der Waals surface area contributed by atoms with E-state index >= 15 is 0 Å². The fraction of sp³-hybridized carbons (Fsp3) is 0.529. The van der Waals surface area contributed by atoms with E-state index in [1.165, 1.54) is 5.56 Å². The lowest BCUT2D eigenvalue weighted by Crippen LogP contribution is -2.46. The van der Waals surface area contributed by atoms with Crippen LogP contribution in [0.3, 0.4) is 0 Å². The second-order valence-corrected chi connectivity index (χ2v) is 6.35. The van der Waals surface area contributed by atoms with Gasteiger partial charge in [-0.05, 0) is 49.4 Å². The van der Waals surface area contributed by atoms with Gasteiger partial charge < -0.3 is 15.2 Å². The zero-order valence-corrected chi connectivity index (χ0v) is 12.9. The summed E-state index contributed by atoms with van der Waals surface area (Å²) in [4.78, 5) is 23.6. The third-order valence-electron chi connectivity index (χ3n) is 4.80. The Morgan fingerprint density at radius 3 is 2.68 bits per heavy atom. The lowest BCUT2D eigenvalue weighted by molar-refractivity contribution is -0.142. The largest absolute Gasteiger partial charge is 0.481 e. The summed E-state index contributed by atoms with van der Waals surface area (Å²) < 4.78 is 5.75. The molecule has 1 aromatic rings. The van der Waals surface area contributed by atoms with E-state index in [1.807, 2.05) is 19.9 Å². The minimum Gasteiger partial charge on any atom is -0.481 e. The molecule has 0 bridgehead atoms. The first-order valence-electron chi connectivity index (χ1n) is 7.75. The second-order valence-electron chi connectivity index (χ2n) is 6.35. The zero-order chi connectivity index (χ0) is 15.9. The van der Waals surface area contributed by atoms with Gasteiger partial charge >= 0.3 is 5.97 Å². The molecule has 1 fully saturated rings. The molecular formula is C17H21NO4. The van der Waals surface area contributed by atoms with Crippen LogP contribution in [0.1, 0.15) is 36.0 Å². The van der Waals surface area contributed by atoms with Gasteiger partial charge in [-0.3, -0.25) is 9.59 Å². The van der Waals surface area contributed by atoms with Crippen LogP contribution >= 0.6 is 0 Å². The molecule has 0 aromatic heterocycles. The number of rotatable bonds is 3. The van der Waals surface area contributed by atoms with Crippen molar-refractivity contribution in [2.24, 2.45) is 5.92 Å². The van der Waals surface area contributed by atoms with Gasteiger partial charge in [-0.1, -0.05) is 12.5 Å². The highest BCUT2D eigenvalue weighted by Crippen LogP contribution is 2.32. The summed E-state index contributed by atoms with van der Waals surface area (Å²) in [5.74, 6) is -0.740. The molecule has 1 aliphatic heterocycles. The smallest absolute Gasteiger partial charge is 0.308 e. The van der Waals surface area contributed by atoms with E-state index in [0.29, 0.717) is 12.8 Å². The minimum atomic E-state index is -0.829. The number of carbonyl (C=O) groups is 2. The van der Waals surface area contributed by atoms with E-state index in [0.717, 1.165) is 29.7 Å². The third kappa shape index (κ3) is 2.67. The number of carbonyl (C=O) groups excluding carboxylic acids is 1. The monoisotopic (exact) mass is 303 g/mol. The molecule has 1 amide bonds. The van der Waals surface area contributed by atoms with Crippen LogP contribution in [-0.4, -0.2) is 29.1 Å². The van der Waals surface area contributed by atoms with Crippen LogP contribution in [0, 0.1) is 19.8 Å². The number of ether oxygens (including phenoxy) is 1. The number of aliphatic carboxylic acids is 1. The summed E-state index contributed by atoms with van der Waals surface area (Å²) in [6, 6.07) is 3.75. The predicted octanol–water partition coefficient (Wildman–Crippen LogP) is 1.98. The van der Waals surface area contributed by atoms with Gasteiger partial charge in [0, 0.05) is 12.5 Å². The van der Waals surface area contributed by atoms with E-state index in [9.17, 15) is 14.7 Å². The Kier molecular flexibility index (Phi) is 3.81. The van der Waals surface area contributed by atoms with Crippen LogP contribution in [0.5, 0.6) is 5.75 Å². The number of benzene rings is 1. The number of carboxylic acid groups (broad SMARTS) is 1. The average molecular weight is 303 g/mol. The van der Waals surface area contributed by atoms with Gasteiger partial charge in [-0.25, -0.2) is 0 Å². The summed E-state index contributed by atoms with van der Waals surface area (Å²) >= 11 is 0. The number of hydrogen-bond acceptors (Lipinski definition) is 3. The van der Waals surface area contributed by atoms with Gasteiger partial charge in [0.15, 0.2) is 6.10 Å². The molecule has 2 N–H and O–H groups in total. The number of hydrogen-bond donors (Lipinski definition) is 2. The summed E-state index contributed by atoms with van der Waals surface area (Å²) in [7, 11) is 0. The first-order chi connectivity index (χ1) is 10.5. The van der Waals surface area contributed by atoms with Crippen molar-refractivity contribution in [2.75, 3.05) is 0 Å². The van der Waals surface area contributed by atoms with Crippen LogP contribution in [0.4, 0.5) is 0 Å². The van der Waals surface area contributed by atoms with Gasteiger partial charge in [0.05, 0.1) is 5.92 Å². The maximum Gasteiger partial charge on any atom is 0.308 e. The predicted molar refractivity (Wildman–Crippen MR) is 80.9 cm³/mol. The van der Waals surface area contributed by atoms with Gasteiger partial charge in [-0.2, -0.15) is 0 Å². The molecule has 118 valence electrons. The van der Waals surface area contributed by atoms with Crippen molar-refractivity contribution in [3.8, 4) is 5.75 Å². The van der Waals surface area contributed by atoms with Crippen molar-refractivity contribution >= 4 is 11.9 Å². The number of aryl methyl sites for hydroxylation is 2. The molecule has 3 rings (SSSR count). The van der Waals surface area contributed by atoms with Gasteiger partial charge in [0.25, 0.3) is 5.91 Å². The van der Waals surface area contributed by atoms with E-state index in [4.69, 9.17) is 4.74 Å². The lowest BCUT2D eigenvalue weighted by Gasteiger charge is -2.19. The van der Waals surface area contributed by atoms with Gasteiger partial charge in [0.1, 0.15) is 5.75 Å². The quantitative estimate of drug-likeness (QED) is 0.895. The number of amides is 1. The summed E-state index contributed by atoms with van der Waals surface area (Å²) in [5, 5.41) is 12.1. The Hall–Kier alpha value is -2.04. The minimum absolute atomic E-state index is 0.204. The standard InChI is InChI=1S/C17H21NO4/c1-9-6-11-8-15(22-14(11)7-10(9)2)16(19)18-13-5-3-4-12(13)17(20)21/h6-7,12-13,15H,3-5,8H2,1-2H3,(H,18,19)(H,20,21)/t12-,13+,15?/m0/s1. The Morgan fingerprint density at radius 2 is 1.95 bits per heavy atom. The Balaban J connectivity index is 1.66. The number of nitrogens with one attached hydrogen (secondary N) is 1. The summed E-state index contributed by atoms with van der Waals surface area (Å²) in [5.41, 5.74) is 3.37. The van der Waals surface area contributed by atoms with Crippen molar-refractivity contribution in [2.45, 2.75) is 51.7 Å². The molecule has 0 saturated heterocycles. The normalized spacial score (nSPS) is 26.4. The maximum atomic E-state index is 12.4. The molecule has 5 nitrogen and oxygen atoms in total. The fourth-order valence-electron chi connectivity index (χ4n) is 3.36. The highest BCUT2D eigenvalue weighted by Gasteiger charge is 2.37. The number of carboxylic acids is 1. The molecule has 2 aliphatic rings. The van der Waals surface area contributed by atoms with E-state index in [2.05, 4.69) is 11.4 Å². The third-order valence-corrected chi connectivity index (χ3v) is 4.80. The Morgan fingerprint density at radius 1 is 1.23 bits per heavy atom. The molecule has 1 saturated carbocycles. The molecule has 1 aliphatic carbocycles. The van der Waals surface area contributed by atoms with E-state index < -0.39 is 18.0 Å². The van der Waals surface area contributed by atoms with Crippen LogP contribution in [-0.2, 0) is 16.0 Å². The van der Waals surface area contributed by atoms with E-state index in [-0.39, 0.29) is 11.9 Å². The van der Waals surface area contributed by atoms with Crippen molar-refractivity contribution in [1.82, 2.24) is 5.32 Å². The molecule has 5 heteroatoms. The van der Waals surface area contributed by atoms with E-state index in [1.54, 1.807) is 0 Å². The average Bonchev–Trinajstić information content (AvgIpc) is 3.06. The van der Waals surface area contributed by atoms with Gasteiger partial charge in [0.2, 0.25) is 0 Å². The fourth-order valence-corrected chi connectivity index (χ4v) is 3.36. The summed E-state index contributed by atoms with van der Waals surface area (Å²) in [6.07, 6.45) is 2.19. The molecule has 22 heavy (non-hydrogen) atoms. The first kappa shape index (κ1) is 14.9. The molecule has 0 spiro atoms. The molecule has 1 unspecified atom stereocenters. The molecule has 3 atom stereocenters. The molecular weight excluding hydrogens is 282 g/mol. The van der Waals surface area contributed by atoms with Crippen molar-refractivity contribution in [3.63, 3.8) is 0 Å². The van der Waals surface area contributed by atoms with Crippen molar-refractivity contribution in [3.05, 3.63) is 28.8 Å². The molecule has 1 heterocycles. The molecule has 1 aromatic carbocycles. The lowest BCUT2D eigenvalue weighted by atomic mass is 10.0.